The second-order valence-corrected chi connectivity index (χ2v) is 5.93. The monoisotopic (exact) mass is 308 g/mol. The molecule has 1 aromatic carbocycles. The summed E-state index contributed by atoms with van der Waals surface area (Å²) < 4.78 is 7.39. The van der Waals surface area contributed by atoms with Crippen molar-refractivity contribution in [2.45, 2.75) is 39.5 Å². The molecule has 21 heavy (non-hydrogen) atoms. The van der Waals surface area contributed by atoms with Gasteiger partial charge in [-0.05, 0) is 20.8 Å². The van der Waals surface area contributed by atoms with Crippen molar-refractivity contribution in [3.8, 4) is 11.3 Å². The molecule has 0 saturated heterocycles. The molecule has 4 nitrogen and oxygen atoms in total. The van der Waals surface area contributed by atoms with E-state index in [1.165, 1.54) is 0 Å². The molecule has 0 aliphatic heterocycles. The fraction of sp³-hybridized carbons (Fsp3) is 0.438. The summed E-state index contributed by atoms with van der Waals surface area (Å²) in [6, 6.07) is 9.82. The quantitative estimate of drug-likeness (QED) is 0.888. The molecule has 1 aromatic heterocycles. The smallest absolute Gasteiger partial charge is 0.155 e. The molecule has 0 aliphatic rings. The van der Waals surface area contributed by atoms with Gasteiger partial charge in [-0.1, -0.05) is 41.9 Å². The van der Waals surface area contributed by atoms with E-state index in [9.17, 15) is 5.11 Å². The molecule has 0 radical (unpaired) electrons. The molecule has 114 valence electrons. The Balaban J connectivity index is 2.49. The van der Waals surface area contributed by atoms with Crippen LogP contribution in [0.25, 0.3) is 11.3 Å². The standard InChI is InChI=1S/C16H21ClN2O2/c1-4-21-10-13-18-15(17)14(12-8-6-5-7-9-12)19(13)11-16(2,3)20/h5-9,20H,4,10-11H2,1-3H3. The fourth-order valence-electron chi connectivity index (χ4n) is 2.20. The number of aliphatic hydroxyl groups is 1. The van der Waals surface area contributed by atoms with E-state index in [0.29, 0.717) is 24.9 Å². The predicted octanol–water partition coefficient (Wildman–Crippen LogP) is 3.51. The maximum Gasteiger partial charge on any atom is 0.155 e. The third-order valence-electron chi connectivity index (χ3n) is 3.03. The number of rotatable bonds is 6. The molecule has 0 fully saturated rings. The molecule has 0 amide bonds. The Hall–Kier alpha value is -1.36. The van der Waals surface area contributed by atoms with Crippen molar-refractivity contribution in [3.63, 3.8) is 0 Å². The highest BCUT2D eigenvalue weighted by Gasteiger charge is 2.22. The number of imidazole rings is 1. The van der Waals surface area contributed by atoms with Crippen molar-refractivity contribution in [3.05, 3.63) is 41.3 Å². The van der Waals surface area contributed by atoms with Crippen LogP contribution in [0.4, 0.5) is 0 Å². The maximum atomic E-state index is 10.2. The van der Waals surface area contributed by atoms with Gasteiger partial charge in [0, 0.05) is 12.2 Å². The van der Waals surface area contributed by atoms with E-state index in [4.69, 9.17) is 16.3 Å². The van der Waals surface area contributed by atoms with Crippen LogP contribution in [-0.4, -0.2) is 26.9 Å². The number of hydrogen-bond donors (Lipinski definition) is 1. The van der Waals surface area contributed by atoms with E-state index in [2.05, 4.69) is 4.98 Å². The van der Waals surface area contributed by atoms with Gasteiger partial charge < -0.3 is 14.4 Å². The highest BCUT2D eigenvalue weighted by atomic mass is 35.5. The molecule has 0 spiro atoms. The minimum Gasteiger partial charge on any atom is -0.389 e. The average molecular weight is 309 g/mol. The zero-order chi connectivity index (χ0) is 15.5. The Labute approximate surface area is 130 Å². The number of nitrogens with zero attached hydrogens (tertiary/aromatic N) is 2. The number of ether oxygens (including phenoxy) is 1. The second kappa shape index (κ2) is 6.60. The number of aromatic nitrogens is 2. The molecule has 5 heteroatoms. The highest BCUT2D eigenvalue weighted by Crippen LogP contribution is 2.30. The molecular weight excluding hydrogens is 288 g/mol. The SMILES string of the molecule is CCOCc1nc(Cl)c(-c2ccccc2)n1CC(C)(C)O. The highest BCUT2D eigenvalue weighted by molar-refractivity contribution is 6.32. The number of benzene rings is 1. The normalized spacial score (nSPS) is 11.9. The first kappa shape index (κ1) is 16.0. The van der Waals surface area contributed by atoms with Gasteiger partial charge in [0.1, 0.15) is 12.4 Å². The lowest BCUT2D eigenvalue weighted by Gasteiger charge is -2.21. The van der Waals surface area contributed by atoms with Crippen LogP contribution in [-0.2, 0) is 17.9 Å². The van der Waals surface area contributed by atoms with Crippen LogP contribution < -0.4 is 0 Å². The predicted molar refractivity (Wildman–Crippen MR) is 84.3 cm³/mol. The molecular formula is C16H21ClN2O2. The first-order valence-corrected chi connectivity index (χ1v) is 7.40. The average Bonchev–Trinajstić information content (AvgIpc) is 2.71. The van der Waals surface area contributed by atoms with Crippen LogP contribution in [0.1, 0.15) is 26.6 Å². The summed E-state index contributed by atoms with van der Waals surface area (Å²) in [6.07, 6.45) is 0. The summed E-state index contributed by atoms with van der Waals surface area (Å²) in [7, 11) is 0. The number of halogens is 1. The van der Waals surface area contributed by atoms with Crippen molar-refractivity contribution in [2.75, 3.05) is 6.61 Å². The van der Waals surface area contributed by atoms with Crippen molar-refractivity contribution in [2.24, 2.45) is 0 Å². The maximum absolute atomic E-state index is 10.2. The molecule has 0 saturated carbocycles. The van der Waals surface area contributed by atoms with Crippen molar-refractivity contribution in [1.82, 2.24) is 9.55 Å². The third-order valence-corrected chi connectivity index (χ3v) is 3.30. The second-order valence-electron chi connectivity index (χ2n) is 5.57. The zero-order valence-electron chi connectivity index (χ0n) is 12.6. The van der Waals surface area contributed by atoms with E-state index in [0.717, 1.165) is 17.1 Å². The molecule has 0 aliphatic carbocycles. The van der Waals surface area contributed by atoms with Gasteiger partial charge in [-0.3, -0.25) is 0 Å². The van der Waals surface area contributed by atoms with E-state index in [1.807, 2.05) is 41.8 Å². The van der Waals surface area contributed by atoms with Crippen molar-refractivity contribution < 1.29 is 9.84 Å². The van der Waals surface area contributed by atoms with Gasteiger partial charge in [0.2, 0.25) is 0 Å². The largest absolute Gasteiger partial charge is 0.389 e. The van der Waals surface area contributed by atoms with Crippen LogP contribution in [0.2, 0.25) is 5.15 Å². The molecule has 0 unspecified atom stereocenters. The fourth-order valence-corrected chi connectivity index (χ4v) is 2.51. The minimum absolute atomic E-state index is 0.374. The summed E-state index contributed by atoms with van der Waals surface area (Å²) in [4.78, 5) is 4.40. The lowest BCUT2D eigenvalue weighted by atomic mass is 10.1. The topological polar surface area (TPSA) is 47.3 Å². The van der Waals surface area contributed by atoms with Gasteiger partial charge >= 0.3 is 0 Å². The van der Waals surface area contributed by atoms with Gasteiger partial charge in [-0.2, -0.15) is 0 Å². The minimum atomic E-state index is -0.867. The first-order valence-electron chi connectivity index (χ1n) is 7.03. The lowest BCUT2D eigenvalue weighted by molar-refractivity contribution is 0.0574. The third kappa shape index (κ3) is 4.06. The van der Waals surface area contributed by atoms with Crippen LogP contribution in [0.3, 0.4) is 0 Å². The van der Waals surface area contributed by atoms with E-state index in [-0.39, 0.29) is 0 Å². The molecule has 0 bridgehead atoms. The van der Waals surface area contributed by atoms with Crippen LogP contribution in [0, 0.1) is 0 Å². The molecule has 0 atom stereocenters. The van der Waals surface area contributed by atoms with Crippen LogP contribution in [0.5, 0.6) is 0 Å². The molecule has 2 rings (SSSR count). The Morgan fingerprint density at radius 1 is 1.29 bits per heavy atom. The van der Waals surface area contributed by atoms with Gasteiger partial charge in [0.15, 0.2) is 5.15 Å². The van der Waals surface area contributed by atoms with Crippen LogP contribution >= 0.6 is 11.6 Å². The Morgan fingerprint density at radius 3 is 2.52 bits per heavy atom. The number of hydrogen-bond acceptors (Lipinski definition) is 3. The zero-order valence-corrected chi connectivity index (χ0v) is 13.4. The molecule has 1 heterocycles. The van der Waals surface area contributed by atoms with Crippen molar-refractivity contribution >= 4 is 11.6 Å². The Kier molecular flexibility index (Phi) is 5.04. The van der Waals surface area contributed by atoms with Crippen LogP contribution in [0.15, 0.2) is 30.3 Å². The first-order chi connectivity index (χ1) is 9.92. The summed E-state index contributed by atoms with van der Waals surface area (Å²) in [5, 5.41) is 10.6. The summed E-state index contributed by atoms with van der Waals surface area (Å²) in [5.74, 6) is 0.725. The summed E-state index contributed by atoms with van der Waals surface area (Å²) >= 11 is 6.32. The van der Waals surface area contributed by atoms with Gasteiger partial charge in [0.25, 0.3) is 0 Å². The van der Waals surface area contributed by atoms with Crippen molar-refractivity contribution in [1.29, 1.82) is 0 Å². The van der Waals surface area contributed by atoms with Gasteiger partial charge in [0.05, 0.1) is 17.8 Å². The Bertz CT molecular complexity index is 588. The Morgan fingerprint density at radius 2 is 1.95 bits per heavy atom. The van der Waals surface area contributed by atoms with Gasteiger partial charge in [-0.15, -0.1) is 0 Å². The molecule has 2 aromatic rings. The summed E-state index contributed by atoms with van der Waals surface area (Å²) in [6.45, 7) is 6.84. The molecule has 1 N–H and O–H groups in total. The van der Waals surface area contributed by atoms with Gasteiger partial charge in [-0.25, -0.2) is 4.98 Å². The van der Waals surface area contributed by atoms with E-state index >= 15 is 0 Å². The summed E-state index contributed by atoms with van der Waals surface area (Å²) in [5.41, 5.74) is 0.922. The van der Waals surface area contributed by atoms with E-state index < -0.39 is 5.60 Å². The lowest BCUT2D eigenvalue weighted by Crippen LogP contribution is -2.27. The van der Waals surface area contributed by atoms with E-state index in [1.54, 1.807) is 13.8 Å².